The Bertz CT molecular complexity index is 649. The molecule has 0 spiro atoms. The van der Waals surface area contributed by atoms with Gasteiger partial charge in [-0.1, -0.05) is 30.3 Å². The van der Waals surface area contributed by atoms with Crippen LogP contribution in [0.5, 0.6) is 11.5 Å². The van der Waals surface area contributed by atoms with Crippen LogP contribution in [0.1, 0.15) is 20.7 Å². The number of carbonyl (C=O) groups excluding carboxylic acids is 2. The minimum absolute atomic E-state index is 0.0170. The van der Waals surface area contributed by atoms with Gasteiger partial charge in [-0.15, -0.1) is 0 Å². The predicted molar refractivity (Wildman–Crippen MR) is 75.7 cm³/mol. The van der Waals surface area contributed by atoms with Crippen molar-refractivity contribution in [3.8, 4) is 11.5 Å². The van der Waals surface area contributed by atoms with Gasteiger partial charge in [-0.2, -0.15) is 0 Å². The molecule has 0 aliphatic rings. The lowest BCUT2D eigenvalue weighted by atomic mass is 10.1. The third kappa shape index (κ3) is 3.60. The molecule has 2 aromatic rings. The lowest BCUT2D eigenvalue weighted by Gasteiger charge is -2.07. The summed E-state index contributed by atoms with van der Waals surface area (Å²) in [7, 11) is 1.45. The van der Waals surface area contributed by atoms with E-state index < -0.39 is 5.97 Å². The average Bonchev–Trinajstić information content (AvgIpc) is 2.52. The molecule has 0 radical (unpaired) electrons. The fourth-order valence-corrected chi connectivity index (χ4v) is 1.73. The summed E-state index contributed by atoms with van der Waals surface area (Å²) < 4.78 is 9.83. The molecule has 21 heavy (non-hydrogen) atoms. The van der Waals surface area contributed by atoms with Gasteiger partial charge in [0.05, 0.1) is 7.11 Å². The Morgan fingerprint density at radius 3 is 2.43 bits per heavy atom. The molecule has 0 amide bonds. The lowest BCUT2D eigenvalue weighted by Crippen LogP contribution is -2.14. The summed E-state index contributed by atoms with van der Waals surface area (Å²) in [6.07, 6.45) is 0. The van der Waals surface area contributed by atoms with Gasteiger partial charge in [0.2, 0.25) is 0 Å². The maximum Gasteiger partial charge on any atom is 0.342 e. The highest BCUT2D eigenvalue weighted by Crippen LogP contribution is 2.23. The zero-order valence-electron chi connectivity index (χ0n) is 11.4. The van der Waals surface area contributed by atoms with E-state index in [2.05, 4.69) is 0 Å². The van der Waals surface area contributed by atoms with Crippen LogP contribution in [-0.4, -0.2) is 30.6 Å². The molecule has 0 saturated carbocycles. The van der Waals surface area contributed by atoms with E-state index in [0.717, 1.165) is 0 Å². The van der Waals surface area contributed by atoms with Crippen LogP contribution < -0.4 is 4.74 Å². The van der Waals surface area contributed by atoms with Crippen molar-refractivity contribution in [3.63, 3.8) is 0 Å². The van der Waals surface area contributed by atoms with Gasteiger partial charge in [-0.3, -0.25) is 4.79 Å². The normalized spacial score (nSPS) is 9.95. The highest BCUT2D eigenvalue weighted by Gasteiger charge is 2.15. The van der Waals surface area contributed by atoms with Crippen molar-refractivity contribution in [1.29, 1.82) is 0 Å². The second kappa shape index (κ2) is 6.56. The van der Waals surface area contributed by atoms with Crippen LogP contribution in [0.25, 0.3) is 0 Å². The van der Waals surface area contributed by atoms with Gasteiger partial charge in [0.15, 0.2) is 12.4 Å². The summed E-state index contributed by atoms with van der Waals surface area (Å²) in [4.78, 5) is 23.6. The third-order valence-corrected chi connectivity index (χ3v) is 2.85. The minimum Gasteiger partial charge on any atom is -0.507 e. The molecule has 0 bridgehead atoms. The van der Waals surface area contributed by atoms with Crippen molar-refractivity contribution < 1.29 is 24.2 Å². The first kappa shape index (κ1) is 14.6. The Morgan fingerprint density at radius 2 is 1.81 bits per heavy atom. The number of phenols is 1. The molecule has 0 fully saturated rings. The number of methoxy groups -OCH3 is 1. The molecule has 108 valence electrons. The van der Waals surface area contributed by atoms with E-state index in [4.69, 9.17) is 9.47 Å². The molecule has 5 nitrogen and oxygen atoms in total. The summed E-state index contributed by atoms with van der Waals surface area (Å²) in [5.41, 5.74) is 0.445. The van der Waals surface area contributed by atoms with E-state index in [9.17, 15) is 14.7 Å². The van der Waals surface area contributed by atoms with Gasteiger partial charge in [0.1, 0.15) is 17.1 Å². The van der Waals surface area contributed by atoms with Crippen LogP contribution in [0.2, 0.25) is 0 Å². The van der Waals surface area contributed by atoms with Crippen molar-refractivity contribution in [2.75, 3.05) is 13.7 Å². The largest absolute Gasteiger partial charge is 0.507 e. The van der Waals surface area contributed by atoms with Gasteiger partial charge in [0, 0.05) is 11.6 Å². The quantitative estimate of drug-likeness (QED) is 0.675. The number of carbonyl (C=O) groups is 2. The zero-order valence-corrected chi connectivity index (χ0v) is 11.4. The average molecular weight is 286 g/mol. The van der Waals surface area contributed by atoms with E-state index >= 15 is 0 Å². The minimum atomic E-state index is -0.764. The predicted octanol–water partition coefficient (Wildman–Crippen LogP) is 2.44. The Balaban J connectivity index is 2.01. The number of Topliss-reactive ketones (excluding diaryl/α,β-unsaturated/α-hetero) is 1. The van der Waals surface area contributed by atoms with Crippen LogP contribution in [0.3, 0.4) is 0 Å². The van der Waals surface area contributed by atoms with Gasteiger partial charge in [-0.05, 0) is 12.1 Å². The number of hydrogen-bond donors (Lipinski definition) is 1. The highest BCUT2D eigenvalue weighted by atomic mass is 16.5. The first-order valence-corrected chi connectivity index (χ1v) is 6.24. The molecule has 0 saturated heterocycles. The first-order chi connectivity index (χ1) is 10.1. The van der Waals surface area contributed by atoms with Crippen LogP contribution in [0.15, 0.2) is 48.5 Å². The van der Waals surface area contributed by atoms with E-state index in [1.165, 1.54) is 25.3 Å². The molecule has 0 aromatic heterocycles. The molecule has 0 atom stereocenters. The standard InChI is InChI=1S/C16H14O5/c1-20-12-7-8-13(14(17)9-12)16(19)21-10-15(18)11-5-3-2-4-6-11/h2-9,17H,10H2,1H3. The zero-order chi connectivity index (χ0) is 15.2. The van der Waals surface area contributed by atoms with Crippen LogP contribution >= 0.6 is 0 Å². The summed E-state index contributed by atoms with van der Waals surface area (Å²) >= 11 is 0. The topological polar surface area (TPSA) is 72.8 Å². The summed E-state index contributed by atoms with van der Waals surface area (Å²) in [6, 6.07) is 12.7. The second-order valence-corrected chi connectivity index (χ2v) is 4.25. The van der Waals surface area contributed by atoms with Gasteiger partial charge in [-0.25, -0.2) is 4.79 Å². The fourth-order valence-electron chi connectivity index (χ4n) is 1.73. The number of benzene rings is 2. The van der Waals surface area contributed by atoms with Crippen molar-refractivity contribution in [2.45, 2.75) is 0 Å². The van der Waals surface area contributed by atoms with Crippen molar-refractivity contribution in [3.05, 3.63) is 59.7 Å². The molecule has 5 heteroatoms. The van der Waals surface area contributed by atoms with E-state index in [-0.39, 0.29) is 23.7 Å². The van der Waals surface area contributed by atoms with E-state index in [1.807, 2.05) is 0 Å². The van der Waals surface area contributed by atoms with Crippen LogP contribution in [0, 0.1) is 0 Å². The van der Waals surface area contributed by atoms with Crippen molar-refractivity contribution >= 4 is 11.8 Å². The molecule has 0 aliphatic heterocycles. The van der Waals surface area contributed by atoms with E-state index in [1.54, 1.807) is 30.3 Å². The highest BCUT2D eigenvalue weighted by molar-refractivity contribution is 5.99. The molecule has 2 aromatic carbocycles. The Hall–Kier alpha value is -2.82. The Kier molecular flexibility index (Phi) is 4.56. The Morgan fingerprint density at radius 1 is 1.10 bits per heavy atom. The third-order valence-electron chi connectivity index (χ3n) is 2.85. The molecule has 2 rings (SSSR count). The van der Waals surface area contributed by atoms with Gasteiger partial charge < -0.3 is 14.6 Å². The van der Waals surface area contributed by atoms with Gasteiger partial charge >= 0.3 is 5.97 Å². The second-order valence-electron chi connectivity index (χ2n) is 4.25. The molecule has 0 unspecified atom stereocenters. The number of ether oxygens (including phenoxy) is 2. The SMILES string of the molecule is COc1ccc(C(=O)OCC(=O)c2ccccc2)c(O)c1. The molecule has 1 N–H and O–H groups in total. The van der Waals surface area contributed by atoms with Gasteiger partial charge in [0.25, 0.3) is 0 Å². The number of phenolic OH excluding ortho intramolecular Hbond substituents is 1. The Labute approximate surface area is 121 Å². The smallest absolute Gasteiger partial charge is 0.342 e. The van der Waals surface area contributed by atoms with E-state index in [0.29, 0.717) is 11.3 Å². The number of aromatic hydroxyl groups is 1. The van der Waals surface area contributed by atoms with Crippen LogP contribution in [0.4, 0.5) is 0 Å². The number of esters is 1. The summed E-state index contributed by atoms with van der Waals surface area (Å²) in [6.45, 7) is -0.381. The first-order valence-electron chi connectivity index (χ1n) is 6.24. The number of rotatable bonds is 5. The van der Waals surface area contributed by atoms with Crippen molar-refractivity contribution in [1.82, 2.24) is 0 Å². The van der Waals surface area contributed by atoms with Crippen molar-refractivity contribution in [2.24, 2.45) is 0 Å². The molecular weight excluding hydrogens is 272 g/mol. The number of ketones is 1. The summed E-state index contributed by atoms with van der Waals surface area (Å²) in [5, 5.41) is 9.71. The lowest BCUT2D eigenvalue weighted by molar-refractivity contribution is 0.0471. The molecular formula is C16H14O5. The summed E-state index contributed by atoms with van der Waals surface area (Å²) in [5.74, 6) is -0.910. The number of hydrogen-bond acceptors (Lipinski definition) is 5. The van der Waals surface area contributed by atoms with Crippen LogP contribution in [-0.2, 0) is 4.74 Å². The monoisotopic (exact) mass is 286 g/mol. The maximum absolute atomic E-state index is 11.8. The molecule has 0 heterocycles. The maximum atomic E-state index is 11.8. The fraction of sp³-hybridized carbons (Fsp3) is 0.125. The molecule has 0 aliphatic carbocycles.